The van der Waals surface area contributed by atoms with Crippen LogP contribution in [-0.2, 0) is 26.9 Å². The fourth-order valence-corrected chi connectivity index (χ4v) is 2.39. The number of amides is 1. The lowest BCUT2D eigenvalue weighted by Crippen LogP contribution is -2.30. The van der Waals surface area contributed by atoms with Crippen LogP contribution in [0.3, 0.4) is 0 Å². The second-order valence-corrected chi connectivity index (χ2v) is 6.32. The summed E-state index contributed by atoms with van der Waals surface area (Å²) < 4.78 is 42.6. The number of alkyl halides is 3. The first-order chi connectivity index (χ1) is 13.5. The molecule has 29 heavy (non-hydrogen) atoms. The van der Waals surface area contributed by atoms with E-state index in [1.54, 1.807) is 0 Å². The summed E-state index contributed by atoms with van der Waals surface area (Å²) in [4.78, 5) is 34.2. The van der Waals surface area contributed by atoms with Crippen LogP contribution in [0.2, 0.25) is 5.02 Å². The van der Waals surface area contributed by atoms with E-state index in [-0.39, 0.29) is 28.4 Å². The van der Waals surface area contributed by atoms with Crippen molar-refractivity contribution in [1.29, 1.82) is 0 Å². The van der Waals surface area contributed by atoms with Gasteiger partial charge < -0.3 is 10.1 Å². The Labute approximate surface area is 167 Å². The lowest BCUT2D eigenvalue weighted by Gasteiger charge is -2.14. The minimum Gasteiger partial charge on any atom is -0.452 e. The summed E-state index contributed by atoms with van der Waals surface area (Å²) in [6.07, 6.45) is -6.10. The van der Waals surface area contributed by atoms with Gasteiger partial charge in [0.05, 0.1) is 27.6 Å². The third kappa shape index (κ3) is 6.18. The second-order valence-electron chi connectivity index (χ2n) is 5.91. The van der Waals surface area contributed by atoms with Crippen molar-refractivity contribution >= 4 is 34.9 Å². The molecule has 1 unspecified atom stereocenters. The van der Waals surface area contributed by atoms with E-state index in [0.29, 0.717) is 0 Å². The molecule has 0 aliphatic rings. The lowest BCUT2D eigenvalue weighted by atomic mass is 10.1. The van der Waals surface area contributed by atoms with E-state index in [4.69, 9.17) is 16.3 Å². The van der Waals surface area contributed by atoms with Gasteiger partial charge in [0, 0.05) is 12.1 Å². The van der Waals surface area contributed by atoms with Gasteiger partial charge in [0.15, 0.2) is 6.10 Å². The van der Waals surface area contributed by atoms with E-state index >= 15 is 0 Å². The minimum absolute atomic E-state index is 0.0310. The Morgan fingerprint density at radius 3 is 2.38 bits per heavy atom. The zero-order valence-electron chi connectivity index (χ0n) is 14.8. The number of non-ortho nitro benzene ring substituents is 1. The average Bonchev–Trinajstić information content (AvgIpc) is 2.62. The quantitative estimate of drug-likeness (QED) is 0.416. The molecule has 0 radical (unpaired) electrons. The van der Waals surface area contributed by atoms with Gasteiger partial charge in [-0.25, -0.2) is 0 Å². The number of esters is 1. The highest BCUT2D eigenvalue weighted by Crippen LogP contribution is 2.29. The van der Waals surface area contributed by atoms with Gasteiger partial charge in [-0.2, -0.15) is 13.2 Å². The molecule has 0 aliphatic carbocycles. The Kier molecular flexibility index (Phi) is 6.80. The van der Waals surface area contributed by atoms with Crippen molar-refractivity contribution in [3.8, 4) is 0 Å². The standard InChI is InChI=1S/C18H14ClF3N2O5/c1-10(17(26)23-15-9-13(24(27)28)6-7-14(15)19)29-16(25)8-11-2-4-12(5-3-11)18(20,21)22/h2-7,9-10H,8H2,1H3,(H,23,26). The largest absolute Gasteiger partial charge is 0.452 e. The van der Waals surface area contributed by atoms with Crippen LogP contribution in [0.25, 0.3) is 0 Å². The fourth-order valence-electron chi connectivity index (χ4n) is 2.23. The van der Waals surface area contributed by atoms with Crippen molar-refractivity contribution in [3.63, 3.8) is 0 Å². The van der Waals surface area contributed by atoms with Crippen molar-refractivity contribution < 1.29 is 32.4 Å². The highest BCUT2D eigenvalue weighted by molar-refractivity contribution is 6.33. The topological polar surface area (TPSA) is 98.5 Å². The van der Waals surface area contributed by atoms with E-state index in [9.17, 15) is 32.9 Å². The lowest BCUT2D eigenvalue weighted by molar-refractivity contribution is -0.384. The highest BCUT2D eigenvalue weighted by Gasteiger charge is 2.30. The van der Waals surface area contributed by atoms with E-state index in [1.165, 1.54) is 13.0 Å². The predicted molar refractivity (Wildman–Crippen MR) is 97.4 cm³/mol. The Hall–Kier alpha value is -3.14. The molecule has 0 bridgehead atoms. The average molecular weight is 431 g/mol. The Bertz CT molecular complexity index is 932. The van der Waals surface area contributed by atoms with Crippen LogP contribution < -0.4 is 5.32 Å². The normalized spacial score (nSPS) is 12.2. The third-order valence-corrected chi connectivity index (χ3v) is 4.06. The molecule has 0 heterocycles. The van der Waals surface area contributed by atoms with Crippen LogP contribution in [0.1, 0.15) is 18.1 Å². The number of nitro benzene ring substituents is 1. The first-order valence-electron chi connectivity index (χ1n) is 8.08. The van der Waals surface area contributed by atoms with E-state index in [1.807, 2.05) is 0 Å². The summed E-state index contributed by atoms with van der Waals surface area (Å²) in [6, 6.07) is 7.39. The Morgan fingerprint density at radius 2 is 1.83 bits per heavy atom. The molecule has 2 aromatic rings. The number of nitrogens with zero attached hydrogens (tertiary/aromatic N) is 1. The van der Waals surface area contributed by atoms with E-state index in [2.05, 4.69) is 5.32 Å². The maximum Gasteiger partial charge on any atom is 0.416 e. The number of halogens is 4. The minimum atomic E-state index is -4.49. The van der Waals surface area contributed by atoms with Crippen LogP contribution in [0.4, 0.5) is 24.5 Å². The number of carbonyl (C=O) groups excluding carboxylic acids is 2. The zero-order valence-corrected chi connectivity index (χ0v) is 15.6. The third-order valence-electron chi connectivity index (χ3n) is 3.73. The molecule has 154 valence electrons. The number of nitrogens with one attached hydrogen (secondary N) is 1. The summed E-state index contributed by atoms with van der Waals surface area (Å²) >= 11 is 5.88. The number of anilines is 1. The van der Waals surface area contributed by atoms with Crippen LogP contribution >= 0.6 is 11.6 Å². The summed E-state index contributed by atoms with van der Waals surface area (Å²) in [6.45, 7) is 1.27. The molecule has 2 rings (SSSR count). The second kappa shape index (κ2) is 8.91. The molecular formula is C18H14ClF3N2O5. The molecule has 1 atom stereocenters. The first-order valence-corrected chi connectivity index (χ1v) is 8.45. The molecule has 0 aromatic heterocycles. The maximum absolute atomic E-state index is 12.5. The number of benzene rings is 2. The molecule has 1 amide bonds. The summed E-state index contributed by atoms with van der Waals surface area (Å²) in [5, 5.41) is 13.2. The first kappa shape index (κ1) is 22.2. The predicted octanol–water partition coefficient (Wildman–Crippen LogP) is 4.38. The fraction of sp³-hybridized carbons (Fsp3) is 0.222. The van der Waals surface area contributed by atoms with Gasteiger partial charge in [0.1, 0.15) is 0 Å². The van der Waals surface area contributed by atoms with Crippen molar-refractivity contribution in [2.24, 2.45) is 0 Å². The highest BCUT2D eigenvalue weighted by atomic mass is 35.5. The van der Waals surface area contributed by atoms with E-state index < -0.39 is 34.6 Å². The van der Waals surface area contributed by atoms with Crippen molar-refractivity contribution in [2.45, 2.75) is 25.6 Å². The van der Waals surface area contributed by atoms with Crippen LogP contribution in [0, 0.1) is 10.1 Å². The summed E-state index contributed by atoms with van der Waals surface area (Å²) in [5.41, 5.74) is -0.901. The number of rotatable bonds is 6. The van der Waals surface area contributed by atoms with Crippen molar-refractivity contribution in [1.82, 2.24) is 0 Å². The monoisotopic (exact) mass is 430 g/mol. The maximum atomic E-state index is 12.5. The van der Waals surface area contributed by atoms with Gasteiger partial charge in [0.25, 0.3) is 11.6 Å². The van der Waals surface area contributed by atoms with Crippen molar-refractivity contribution in [3.05, 3.63) is 68.7 Å². The Morgan fingerprint density at radius 1 is 1.21 bits per heavy atom. The van der Waals surface area contributed by atoms with Gasteiger partial charge in [0.2, 0.25) is 0 Å². The van der Waals surface area contributed by atoms with Gasteiger partial charge in [-0.1, -0.05) is 23.7 Å². The van der Waals surface area contributed by atoms with Gasteiger partial charge >= 0.3 is 12.1 Å². The molecule has 0 saturated carbocycles. The smallest absolute Gasteiger partial charge is 0.416 e. The number of hydrogen-bond acceptors (Lipinski definition) is 5. The summed E-state index contributed by atoms with van der Waals surface area (Å²) in [5.74, 6) is -1.62. The Balaban J connectivity index is 1.96. The van der Waals surface area contributed by atoms with Crippen molar-refractivity contribution in [2.75, 3.05) is 5.32 Å². The molecule has 0 spiro atoms. The molecule has 1 N–H and O–H groups in total. The molecular weight excluding hydrogens is 417 g/mol. The number of ether oxygens (including phenoxy) is 1. The molecule has 11 heteroatoms. The molecule has 7 nitrogen and oxygen atoms in total. The molecule has 0 aliphatic heterocycles. The number of nitro groups is 1. The SMILES string of the molecule is CC(OC(=O)Cc1ccc(C(F)(F)F)cc1)C(=O)Nc1cc([N+](=O)[O-])ccc1Cl. The summed E-state index contributed by atoms with van der Waals surface area (Å²) in [7, 11) is 0. The molecule has 0 fully saturated rings. The number of hydrogen-bond donors (Lipinski definition) is 1. The van der Waals surface area contributed by atoms with Crippen LogP contribution in [0.5, 0.6) is 0 Å². The van der Waals surface area contributed by atoms with E-state index in [0.717, 1.165) is 36.4 Å². The van der Waals surface area contributed by atoms with Gasteiger partial charge in [-0.3, -0.25) is 19.7 Å². The van der Waals surface area contributed by atoms with Crippen LogP contribution in [0.15, 0.2) is 42.5 Å². The zero-order chi connectivity index (χ0) is 21.8. The van der Waals surface area contributed by atoms with Gasteiger partial charge in [-0.15, -0.1) is 0 Å². The molecule has 2 aromatic carbocycles. The number of carbonyl (C=O) groups is 2. The molecule has 0 saturated heterocycles. The van der Waals surface area contributed by atoms with Crippen LogP contribution in [-0.4, -0.2) is 22.9 Å². The van der Waals surface area contributed by atoms with Gasteiger partial charge in [-0.05, 0) is 30.7 Å².